The molecule has 1 fully saturated rings. The number of benzene rings is 3. The third kappa shape index (κ3) is 5.32. The van der Waals surface area contributed by atoms with Crippen LogP contribution in [0.25, 0.3) is 16.5 Å². The number of methoxy groups -OCH3 is 1. The Bertz CT molecular complexity index is 1310. The minimum atomic E-state index is -0.696. The summed E-state index contributed by atoms with van der Waals surface area (Å²) in [5.41, 5.74) is 1.33. The third-order valence-electron chi connectivity index (χ3n) is 6.92. The van der Waals surface area contributed by atoms with Crippen LogP contribution in [0.3, 0.4) is 0 Å². The van der Waals surface area contributed by atoms with Crippen LogP contribution in [0.5, 0.6) is 11.5 Å². The molecule has 1 saturated heterocycles. The largest absolute Gasteiger partial charge is 0.507 e. The van der Waals surface area contributed by atoms with Gasteiger partial charge in [0.25, 0.3) is 11.7 Å². The van der Waals surface area contributed by atoms with Crippen LogP contribution in [0.1, 0.15) is 37.9 Å². The Labute approximate surface area is 217 Å². The maximum atomic E-state index is 13.4. The van der Waals surface area contributed by atoms with E-state index in [1.165, 1.54) is 0 Å². The minimum absolute atomic E-state index is 0.0987. The molecule has 0 spiro atoms. The van der Waals surface area contributed by atoms with Crippen LogP contribution in [0.4, 0.5) is 0 Å². The average Bonchev–Trinajstić information content (AvgIpc) is 3.18. The molecule has 3 aromatic rings. The van der Waals surface area contributed by atoms with Crippen LogP contribution in [0.15, 0.2) is 66.2 Å². The number of ether oxygens (including phenoxy) is 2. The molecule has 0 aliphatic carbocycles. The molecule has 1 heterocycles. The van der Waals surface area contributed by atoms with Gasteiger partial charge >= 0.3 is 0 Å². The zero-order valence-corrected chi connectivity index (χ0v) is 21.9. The van der Waals surface area contributed by atoms with Gasteiger partial charge in [0.2, 0.25) is 0 Å². The molecule has 1 N–H and O–H groups in total. The molecule has 1 amide bonds. The predicted molar refractivity (Wildman–Crippen MR) is 145 cm³/mol. The smallest absolute Gasteiger partial charge is 0.295 e. The normalized spacial score (nSPS) is 17.1. The molecule has 0 aromatic heterocycles. The van der Waals surface area contributed by atoms with Gasteiger partial charge in [-0.15, -0.1) is 0 Å². The van der Waals surface area contributed by atoms with Gasteiger partial charge in [-0.3, -0.25) is 9.59 Å². The van der Waals surface area contributed by atoms with E-state index in [9.17, 15) is 14.7 Å². The summed E-state index contributed by atoms with van der Waals surface area (Å²) in [5.74, 6) is -0.0146. The highest BCUT2D eigenvalue weighted by molar-refractivity contribution is 6.46. The molecule has 37 heavy (non-hydrogen) atoms. The van der Waals surface area contributed by atoms with E-state index in [1.807, 2.05) is 61.5 Å². The van der Waals surface area contributed by atoms with E-state index < -0.39 is 17.7 Å². The molecule has 1 unspecified atom stereocenters. The monoisotopic (exact) mass is 502 g/mol. The number of carbonyl (C=O) groups excluding carboxylic acids is 2. The fraction of sp³-hybridized carbons (Fsp3) is 0.333. The number of amides is 1. The fourth-order valence-electron chi connectivity index (χ4n) is 4.81. The molecule has 1 aliphatic rings. The van der Waals surface area contributed by atoms with Crippen molar-refractivity contribution in [2.24, 2.45) is 0 Å². The molecule has 0 radical (unpaired) electrons. The second kappa shape index (κ2) is 11.5. The molecule has 0 saturated carbocycles. The Morgan fingerprint density at radius 2 is 1.57 bits per heavy atom. The molecule has 1 aliphatic heterocycles. The van der Waals surface area contributed by atoms with Crippen molar-refractivity contribution in [3.8, 4) is 11.5 Å². The topological polar surface area (TPSA) is 79.3 Å². The van der Waals surface area contributed by atoms with Crippen molar-refractivity contribution in [2.75, 3.05) is 39.9 Å². The van der Waals surface area contributed by atoms with Crippen molar-refractivity contribution in [2.45, 2.75) is 26.8 Å². The summed E-state index contributed by atoms with van der Waals surface area (Å²) in [7, 11) is 1.61. The van der Waals surface area contributed by atoms with Crippen molar-refractivity contribution >= 4 is 28.2 Å². The van der Waals surface area contributed by atoms with E-state index in [2.05, 4.69) is 18.7 Å². The summed E-state index contributed by atoms with van der Waals surface area (Å²) < 4.78 is 10.9. The molecule has 0 bridgehead atoms. The first-order chi connectivity index (χ1) is 17.9. The molecular weight excluding hydrogens is 468 g/mol. The lowest BCUT2D eigenvalue weighted by Crippen LogP contribution is -2.38. The van der Waals surface area contributed by atoms with Crippen molar-refractivity contribution < 1.29 is 24.2 Å². The summed E-state index contributed by atoms with van der Waals surface area (Å²) >= 11 is 0. The van der Waals surface area contributed by atoms with Gasteiger partial charge < -0.3 is 24.4 Å². The Morgan fingerprint density at radius 1 is 0.919 bits per heavy atom. The summed E-state index contributed by atoms with van der Waals surface area (Å²) in [5, 5.41) is 13.3. The number of aliphatic hydroxyl groups excluding tert-OH is 1. The van der Waals surface area contributed by atoms with Crippen LogP contribution >= 0.6 is 0 Å². The number of Topliss-reactive ketones (excluding diaryl/α,β-unsaturated/α-hetero) is 1. The SMILES string of the molecule is CCOc1ccc(C2/C(=C(\O)c3ccc4cc(OC)ccc4c3)C(=O)C(=O)N2CCN(CC)CC)cc1. The molecular formula is C30H34N2O5. The van der Waals surface area contributed by atoms with Gasteiger partial charge in [-0.25, -0.2) is 0 Å². The average molecular weight is 503 g/mol. The summed E-state index contributed by atoms with van der Waals surface area (Å²) in [6, 6.07) is 17.8. The highest BCUT2D eigenvalue weighted by Gasteiger charge is 2.46. The number of ketones is 1. The lowest BCUT2D eigenvalue weighted by molar-refractivity contribution is -0.140. The predicted octanol–water partition coefficient (Wildman–Crippen LogP) is 5.01. The van der Waals surface area contributed by atoms with Crippen molar-refractivity contribution in [3.63, 3.8) is 0 Å². The molecule has 3 aromatic carbocycles. The Hall–Kier alpha value is -3.84. The van der Waals surface area contributed by atoms with E-state index in [-0.39, 0.29) is 11.3 Å². The molecule has 7 nitrogen and oxygen atoms in total. The number of rotatable bonds is 10. The van der Waals surface area contributed by atoms with Crippen LogP contribution in [-0.4, -0.2) is 66.5 Å². The summed E-state index contributed by atoms with van der Waals surface area (Å²) in [6.07, 6.45) is 0. The van der Waals surface area contributed by atoms with E-state index in [0.717, 1.165) is 35.2 Å². The van der Waals surface area contributed by atoms with Crippen molar-refractivity contribution in [1.82, 2.24) is 9.80 Å². The number of likely N-dealkylation sites (N-methyl/N-ethyl adjacent to an activating group) is 1. The van der Waals surface area contributed by atoms with Gasteiger partial charge in [-0.2, -0.15) is 0 Å². The maximum Gasteiger partial charge on any atom is 0.295 e. The lowest BCUT2D eigenvalue weighted by atomic mass is 9.94. The molecule has 7 heteroatoms. The molecule has 4 rings (SSSR count). The lowest BCUT2D eigenvalue weighted by Gasteiger charge is -2.28. The zero-order valence-electron chi connectivity index (χ0n) is 21.9. The first kappa shape index (κ1) is 26.2. The van der Waals surface area contributed by atoms with Crippen LogP contribution < -0.4 is 9.47 Å². The summed E-state index contributed by atoms with van der Waals surface area (Å²) in [4.78, 5) is 30.4. The number of fused-ring (bicyclic) bond motifs is 1. The number of hydrogen-bond acceptors (Lipinski definition) is 6. The molecule has 194 valence electrons. The van der Waals surface area contributed by atoms with E-state index in [4.69, 9.17) is 9.47 Å². The fourth-order valence-corrected chi connectivity index (χ4v) is 4.81. The number of hydrogen-bond donors (Lipinski definition) is 1. The van der Waals surface area contributed by atoms with Gasteiger partial charge in [0.15, 0.2) is 0 Å². The number of nitrogens with zero attached hydrogens (tertiary/aromatic N) is 2. The van der Waals surface area contributed by atoms with Crippen LogP contribution in [0.2, 0.25) is 0 Å². The van der Waals surface area contributed by atoms with Crippen molar-refractivity contribution in [1.29, 1.82) is 0 Å². The Kier molecular flexibility index (Phi) is 8.14. The van der Waals surface area contributed by atoms with Gasteiger partial charge in [-0.1, -0.05) is 44.2 Å². The quantitative estimate of drug-likeness (QED) is 0.239. The second-order valence-corrected chi connectivity index (χ2v) is 8.95. The standard InChI is InChI=1S/C30H34N2O5/c1-5-31(6-2)16-17-32-27(20-10-13-24(14-11-20)37-7-3)26(29(34)30(32)35)28(33)23-9-8-22-19-25(36-4)15-12-21(22)18-23/h8-15,18-19,27,33H,5-7,16-17H2,1-4H3/b28-26+. The highest BCUT2D eigenvalue weighted by atomic mass is 16.5. The van der Waals surface area contributed by atoms with Crippen LogP contribution in [-0.2, 0) is 9.59 Å². The highest BCUT2D eigenvalue weighted by Crippen LogP contribution is 2.40. The Balaban J connectivity index is 1.80. The van der Waals surface area contributed by atoms with Gasteiger partial charge in [-0.05, 0) is 66.7 Å². The number of carbonyl (C=O) groups is 2. The van der Waals surface area contributed by atoms with E-state index in [0.29, 0.717) is 31.0 Å². The zero-order chi connectivity index (χ0) is 26.5. The first-order valence-corrected chi connectivity index (χ1v) is 12.7. The first-order valence-electron chi connectivity index (χ1n) is 12.7. The van der Waals surface area contributed by atoms with E-state index in [1.54, 1.807) is 18.1 Å². The maximum absolute atomic E-state index is 13.4. The third-order valence-corrected chi connectivity index (χ3v) is 6.92. The van der Waals surface area contributed by atoms with Crippen molar-refractivity contribution in [3.05, 3.63) is 77.4 Å². The Morgan fingerprint density at radius 3 is 2.22 bits per heavy atom. The molecule has 1 atom stereocenters. The number of likely N-dealkylation sites (tertiary alicyclic amines) is 1. The summed E-state index contributed by atoms with van der Waals surface area (Å²) in [6.45, 7) is 9.27. The van der Waals surface area contributed by atoms with Gasteiger partial charge in [0.1, 0.15) is 17.3 Å². The number of aliphatic hydroxyl groups is 1. The second-order valence-electron chi connectivity index (χ2n) is 8.95. The van der Waals surface area contributed by atoms with Crippen LogP contribution in [0, 0.1) is 0 Å². The minimum Gasteiger partial charge on any atom is -0.507 e. The van der Waals surface area contributed by atoms with Gasteiger partial charge in [0, 0.05) is 18.7 Å². The van der Waals surface area contributed by atoms with E-state index >= 15 is 0 Å². The van der Waals surface area contributed by atoms with Gasteiger partial charge in [0.05, 0.1) is 25.3 Å².